The van der Waals surface area contributed by atoms with E-state index in [9.17, 15) is 27.6 Å². The molecule has 0 aliphatic heterocycles. The molecule has 1 fully saturated rings. The number of nitrogens with two attached hydrogens (primary N) is 1. The minimum Gasteiger partial charge on any atom is -0.350 e. The van der Waals surface area contributed by atoms with Gasteiger partial charge in [0, 0.05) is 28.1 Å². The number of amides is 3. The van der Waals surface area contributed by atoms with Crippen LogP contribution in [-0.4, -0.2) is 48.6 Å². The fourth-order valence-corrected chi connectivity index (χ4v) is 4.29. The number of carbonyl (C=O) groups is 3. The smallest absolute Gasteiger partial charge is 0.350 e. The van der Waals surface area contributed by atoms with Gasteiger partial charge in [0.2, 0.25) is 5.91 Å². The number of carbonyl (C=O) groups excluding carboxylic acids is 3. The second-order valence-corrected chi connectivity index (χ2v) is 9.20. The van der Waals surface area contributed by atoms with E-state index < -0.39 is 42.2 Å². The van der Waals surface area contributed by atoms with Crippen LogP contribution in [0, 0.1) is 0 Å². The van der Waals surface area contributed by atoms with E-state index in [2.05, 4.69) is 16.0 Å². The number of thioether (sulfide) groups is 1. The van der Waals surface area contributed by atoms with Crippen molar-refractivity contribution in [2.45, 2.75) is 48.5 Å². The Labute approximate surface area is 205 Å². The lowest BCUT2D eigenvalue weighted by Gasteiger charge is -2.35. The number of alkyl halides is 3. The number of rotatable bonds is 7. The van der Waals surface area contributed by atoms with Crippen molar-refractivity contribution in [3.8, 4) is 0 Å². The van der Waals surface area contributed by atoms with Crippen molar-refractivity contribution in [3.05, 3.63) is 65.2 Å². The van der Waals surface area contributed by atoms with Crippen molar-refractivity contribution in [1.82, 2.24) is 16.0 Å². The zero-order valence-corrected chi connectivity index (χ0v) is 19.8. The quantitative estimate of drug-likeness (QED) is 0.430. The van der Waals surface area contributed by atoms with Gasteiger partial charge in [-0.05, 0) is 68.0 Å². The van der Waals surface area contributed by atoms with Crippen molar-refractivity contribution >= 4 is 29.5 Å². The molecule has 11 heteroatoms. The number of hydrogen-bond acceptors (Lipinski definition) is 5. The second kappa shape index (κ2) is 11.6. The standard InChI is InChI=1S/C24H27F3N4O3S/c1-35-18-8-5-14(6-9-18)23(34)31-20-12-17(28)7-10-19(20)30-21(32)13-29-22(33)15-3-2-4-16(11-15)24(25,26)27/h2-6,8-9,11,17,19-20H,7,10,12-13,28H2,1H3,(H,29,33)(H,30,32)(H,31,34)/t17-,19+,20-/m1/s1. The molecule has 0 heterocycles. The lowest BCUT2D eigenvalue weighted by molar-refractivity contribution is -0.137. The predicted molar refractivity (Wildman–Crippen MR) is 127 cm³/mol. The molecule has 1 aliphatic carbocycles. The van der Waals surface area contributed by atoms with Gasteiger partial charge in [-0.1, -0.05) is 6.07 Å². The van der Waals surface area contributed by atoms with Crippen molar-refractivity contribution in [2.75, 3.05) is 12.8 Å². The van der Waals surface area contributed by atoms with E-state index in [0.29, 0.717) is 24.8 Å². The molecule has 0 bridgehead atoms. The molecule has 0 unspecified atom stereocenters. The van der Waals surface area contributed by atoms with Crippen LogP contribution in [-0.2, 0) is 11.0 Å². The molecule has 0 radical (unpaired) electrons. The van der Waals surface area contributed by atoms with E-state index >= 15 is 0 Å². The molecule has 1 aliphatic rings. The fourth-order valence-electron chi connectivity index (χ4n) is 3.89. The maximum absolute atomic E-state index is 12.9. The third kappa shape index (κ3) is 7.46. The number of halogens is 3. The lowest BCUT2D eigenvalue weighted by atomic mass is 9.86. The minimum absolute atomic E-state index is 0.132. The first-order valence-electron chi connectivity index (χ1n) is 11.0. The molecule has 3 atom stereocenters. The van der Waals surface area contributed by atoms with E-state index in [1.54, 1.807) is 23.9 Å². The molecule has 188 valence electrons. The first kappa shape index (κ1) is 26.6. The Morgan fingerprint density at radius 1 is 0.971 bits per heavy atom. The van der Waals surface area contributed by atoms with E-state index in [1.165, 1.54) is 6.07 Å². The van der Waals surface area contributed by atoms with E-state index in [4.69, 9.17) is 5.73 Å². The molecule has 3 amide bonds. The summed E-state index contributed by atoms with van der Waals surface area (Å²) in [7, 11) is 0. The van der Waals surface area contributed by atoms with Gasteiger partial charge in [-0.3, -0.25) is 14.4 Å². The highest BCUT2D eigenvalue weighted by molar-refractivity contribution is 7.98. The maximum Gasteiger partial charge on any atom is 0.416 e. The summed E-state index contributed by atoms with van der Waals surface area (Å²) >= 11 is 1.56. The Morgan fingerprint density at radius 3 is 2.34 bits per heavy atom. The van der Waals surface area contributed by atoms with Gasteiger partial charge in [-0.15, -0.1) is 11.8 Å². The summed E-state index contributed by atoms with van der Waals surface area (Å²) < 4.78 is 38.6. The molecule has 7 nitrogen and oxygen atoms in total. The summed E-state index contributed by atoms with van der Waals surface area (Å²) in [5, 5.41) is 8.07. The number of hydrogen-bond donors (Lipinski definition) is 4. The maximum atomic E-state index is 12.9. The van der Waals surface area contributed by atoms with Gasteiger partial charge in [0.1, 0.15) is 0 Å². The summed E-state index contributed by atoms with van der Waals surface area (Å²) in [6.45, 7) is -0.422. The molecular formula is C24H27F3N4O3S. The van der Waals surface area contributed by atoms with Gasteiger partial charge in [-0.2, -0.15) is 13.2 Å². The summed E-state index contributed by atoms with van der Waals surface area (Å²) in [5.41, 5.74) is 5.41. The highest BCUT2D eigenvalue weighted by Crippen LogP contribution is 2.29. The third-order valence-corrected chi connectivity index (χ3v) is 6.51. The lowest BCUT2D eigenvalue weighted by Crippen LogP contribution is -2.57. The van der Waals surface area contributed by atoms with Crippen LogP contribution >= 0.6 is 11.8 Å². The van der Waals surface area contributed by atoms with Crippen molar-refractivity contribution in [1.29, 1.82) is 0 Å². The second-order valence-electron chi connectivity index (χ2n) is 8.32. The van der Waals surface area contributed by atoms with Crippen LogP contribution < -0.4 is 21.7 Å². The van der Waals surface area contributed by atoms with Crippen LogP contribution in [0.3, 0.4) is 0 Å². The highest BCUT2D eigenvalue weighted by atomic mass is 32.2. The molecule has 1 saturated carbocycles. The first-order chi connectivity index (χ1) is 16.6. The van der Waals surface area contributed by atoms with Crippen LogP contribution in [0.1, 0.15) is 45.5 Å². The molecule has 0 saturated heterocycles. The Hall–Kier alpha value is -3.05. The largest absolute Gasteiger partial charge is 0.416 e. The van der Waals surface area contributed by atoms with Crippen molar-refractivity contribution in [2.24, 2.45) is 5.73 Å². The van der Waals surface area contributed by atoms with Gasteiger partial charge in [-0.25, -0.2) is 0 Å². The van der Waals surface area contributed by atoms with E-state index in [0.717, 1.165) is 23.1 Å². The van der Waals surface area contributed by atoms with Gasteiger partial charge in [0.15, 0.2) is 0 Å². The molecular weight excluding hydrogens is 481 g/mol. The minimum atomic E-state index is -4.58. The number of nitrogens with one attached hydrogen (secondary N) is 3. The van der Waals surface area contributed by atoms with Gasteiger partial charge in [0.05, 0.1) is 18.2 Å². The monoisotopic (exact) mass is 508 g/mol. The summed E-state index contributed by atoms with van der Waals surface area (Å²) in [4.78, 5) is 38.5. The molecule has 2 aromatic carbocycles. The topological polar surface area (TPSA) is 113 Å². The van der Waals surface area contributed by atoms with Crippen LogP contribution in [0.4, 0.5) is 13.2 Å². The van der Waals surface area contributed by atoms with Gasteiger partial charge in [0.25, 0.3) is 11.8 Å². The Balaban J connectivity index is 1.57. The summed E-state index contributed by atoms with van der Waals surface area (Å²) in [6, 6.07) is 10.2. The molecule has 0 spiro atoms. The van der Waals surface area contributed by atoms with Crippen molar-refractivity contribution < 1.29 is 27.6 Å². The number of benzene rings is 2. The third-order valence-electron chi connectivity index (χ3n) is 5.77. The van der Waals surface area contributed by atoms with Crippen LogP contribution in [0.15, 0.2) is 53.4 Å². The molecule has 2 aromatic rings. The van der Waals surface area contributed by atoms with Crippen LogP contribution in [0.25, 0.3) is 0 Å². The van der Waals surface area contributed by atoms with Crippen molar-refractivity contribution in [3.63, 3.8) is 0 Å². The Bertz CT molecular complexity index is 1060. The molecule has 5 N–H and O–H groups in total. The average Bonchev–Trinajstić information content (AvgIpc) is 2.83. The van der Waals surface area contributed by atoms with E-state index in [1.807, 2.05) is 18.4 Å². The Morgan fingerprint density at radius 2 is 1.69 bits per heavy atom. The normalized spacial score (nSPS) is 20.1. The predicted octanol–water partition coefficient (Wildman–Crippen LogP) is 2.95. The summed E-state index contributed by atoms with van der Waals surface area (Å²) in [6.07, 6.45) is -0.989. The Kier molecular flexibility index (Phi) is 8.79. The molecule has 35 heavy (non-hydrogen) atoms. The SMILES string of the molecule is CSc1ccc(C(=O)N[C@@H]2C[C@H](N)CC[C@@H]2NC(=O)CNC(=O)c2cccc(C(F)(F)F)c2)cc1. The molecule has 0 aromatic heterocycles. The first-order valence-corrected chi connectivity index (χ1v) is 12.2. The highest BCUT2D eigenvalue weighted by Gasteiger charge is 2.32. The zero-order valence-electron chi connectivity index (χ0n) is 19.0. The van der Waals surface area contributed by atoms with E-state index in [-0.39, 0.29) is 17.5 Å². The van der Waals surface area contributed by atoms with Crippen LogP contribution in [0.2, 0.25) is 0 Å². The zero-order chi connectivity index (χ0) is 25.6. The summed E-state index contributed by atoms with van der Waals surface area (Å²) in [5.74, 6) is -1.60. The van der Waals surface area contributed by atoms with Gasteiger partial charge < -0.3 is 21.7 Å². The molecule has 3 rings (SSSR count). The van der Waals surface area contributed by atoms with Gasteiger partial charge >= 0.3 is 6.18 Å². The average molecular weight is 509 g/mol. The van der Waals surface area contributed by atoms with Crippen LogP contribution in [0.5, 0.6) is 0 Å². The fraction of sp³-hybridized carbons (Fsp3) is 0.375.